The molecule has 1 saturated heterocycles. The second kappa shape index (κ2) is 8.34. The van der Waals surface area contributed by atoms with Crippen molar-refractivity contribution < 1.29 is 19.1 Å². The normalized spacial score (nSPS) is 14.8. The summed E-state index contributed by atoms with van der Waals surface area (Å²) >= 11 is 1.30. The topological polar surface area (TPSA) is 75.7 Å². The molecule has 2 heterocycles. The van der Waals surface area contributed by atoms with Crippen LogP contribution in [-0.4, -0.2) is 17.8 Å². The third-order valence-corrected chi connectivity index (χ3v) is 5.47. The van der Waals surface area contributed by atoms with Crippen LogP contribution in [0.15, 0.2) is 71.6 Å². The Labute approximate surface area is 177 Å². The number of hydrogen-bond donors (Lipinski definition) is 1. The number of carbonyl (C=O) groups is 3. The van der Waals surface area contributed by atoms with Crippen LogP contribution in [0.4, 0.5) is 5.69 Å². The van der Waals surface area contributed by atoms with Gasteiger partial charge in [-0.1, -0.05) is 37.3 Å². The van der Waals surface area contributed by atoms with Crippen LogP contribution >= 0.6 is 11.3 Å². The zero-order chi connectivity index (χ0) is 21.1. The number of hydrazine groups is 1. The molecule has 0 aliphatic carbocycles. The number of rotatable bonds is 5. The highest BCUT2D eigenvalue weighted by atomic mass is 32.1. The van der Waals surface area contributed by atoms with E-state index in [0.717, 1.165) is 12.0 Å². The lowest BCUT2D eigenvalue weighted by Crippen LogP contribution is -2.35. The molecule has 2 aromatic carbocycles. The van der Waals surface area contributed by atoms with Gasteiger partial charge in [0.1, 0.15) is 16.2 Å². The van der Waals surface area contributed by atoms with Crippen LogP contribution in [0.3, 0.4) is 0 Å². The highest BCUT2D eigenvalue weighted by Gasteiger charge is 2.34. The van der Waals surface area contributed by atoms with E-state index >= 15 is 0 Å². The number of esters is 1. The molecule has 1 fully saturated rings. The SMILES string of the molecule is CCc1ccc(N2NC(=O)/C(=C/c3ccc(OC(=O)c4cccs4)cc3)C2=O)cc1. The van der Waals surface area contributed by atoms with Gasteiger partial charge in [-0.25, -0.2) is 9.80 Å². The van der Waals surface area contributed by atoms with Crippen molar-refractivity contribution in [3.05, 3.63) is 87.6 Å². The minimum Gasteiger partial charge on any atom is -0.422 e. The van der Waals surface area contributed by atoms with E-state index in [-0.39, 0.29) is 5.57 Å². The van der Waals surface area contributed by atoms with Crippen molar-refractivity contribution in [2.75, 3.05) is 5.01 Å². The number of nitrogens with one attached hydrogen (secondary N) is 1. The molecular weight excluding hydrogens is 400 g/mol. The van der Waals surface area contributed by atoms with Crippen LogP contribution < -0.4 is 15.2 Å². The molecule has 1 N–H and O–H groups in total. The minimum atomic E-state index is -0.465. The Kier molecular flexibility index (Phi) is 5.45. The Hall–Kier alpha value is -3.71. The second-order valence-electron chi connectivity index (χ2n) is 6.60. The number of aryl methyl sites for hydroxylation is 1. The maximum absolute atomic E-state index is 12.7. The molecule has 0 saturated carbocycles. The second-order valence-corrected chi connectivity index (χ2v) is 7.54. The van der Waals surface area contributed by atoms with Crippen molar-refractivity contribution in [1.82, 2.24) is 5.43 Å². The average molecular weight is 418 g/mol. The zero-order valence-corrected chi connectivity index (χ0v) is 16.9. The number of amides is 2. The van der Waals surface area contributed by atoms with Gasteiger partial charge in [0.15, 0.2) is 0 Å². The Morgan fingerprint density at radius 2 is 1.80 bits per heavy atom. The molecule has 150 valence electrons. The molecule has 0 spiro atoms. The Morgan fingerprint density at radius 1 is 1.07 bits per heavy atom. The van der Waals surface area contributed by atoms with E-state index in [4.69, 9.17) is 4.74 Å². The number of hydrogen-bond acceptors (Lipinski definition) is 5. The van der Waals surface area contributed by atoms with Gasteiger partial charge in [0.05, 0.1) is 5.69 Å². The maximum atomic E-state index is 12.7. The van der Waals surface area contributed by atoms with E-state index in [1.165, 1.54) is 22.4 Å². The molecule has 4 rings (SSSR count). The Morgan fingerprint density at radius 3 is 2.43 bits per heavy atom. The van der Waals surface area contributed by atoms with Gasteiger partial charge in [-0.2, -0.15) is 0 Å². The summed E-state index contributed by atoms with van der Waals surface area (Å²) in [6.07, 6.45) is 2.41. The van der Waals surface area contributed by atoms with E-state index < -0.39 is 17.8 Å². The standard InChI is InChI=1S/C23H18N2O4S/c1-2-15-5-9-17(10-6-15)25-22(27)19(21(26)24-25)14-16-7-11-18(12-8-16)29-23(28)20-4-3-13-30-20/h3-14H,2H2,1H3,(H,24,26)/b19-14-. The van der Waals surface area contributed by atoms with E-state index in [0.29, 0.717) is 21.9 Å². The lowest BCUT2D eigenvalue weighted by atomic mass is 10.1. The van der Waals surface area contributed by atoms with Crippen molar-refractivity contribution >= 4 is 40.9 Å². The Balaban J connectivity index is 1.49. The van der Waals surface area contributed by atoms with Crippen LogP contribution in [0.1, 0.15) is 27.7 Å². The predicted molar refractivity (Wildman–Crippen MR) is 115 cm³/mol. The van der Waals surface area contributed by atoms with Gasteiger partial charge in [-0.3, -0.25) is 15.0 Å². The highest BCUT2D eigenvalue weighted by Crippen LogP contribution is 2.23. The van der Waals surface area contributed by atoms with Crippen molar-refractivity contribution in [3.8, 4) is 5.75 Å². The molecule has 6 nitrogen and oxygen atoms in total. The van der Waals surface area contributed by atoms with Crippen LogP contribution in [0, 0.1) is 0 Å². The van der Waals surface area contributed by atoms with Crippen molar-refractivity contribution in [3.63, 3.8) is 0 Å². The third-order valence-electron chi connectivity index (χ3n) is 4.62. The summed E-state index contributed by atoms with van der Waals surface area (Å²) < 4.78 is 5.32. The molecular formula is C23H18N2O4S. The van der Waals surface area contributed by atoms with E-state index in [2.05, 4.69) is 5.43 Å². The van der Waals surface area contributed by atoms with E-state index in [9.17, 15) is 14.4 Å². The molecule has 0 atom stereocenters. The lowest BCUT2D eigenvalue weighted by Gasteiger charge is -2.14. The monoisotopic (exact) mass is 418 g/mol. The highest BCUT2D eigenvalue weighted by molar-refractivity contribution is 7.12. The minimum absolute atomic E-state index is 0.0397. The number of ether oxygens (including phenoxy) is 1. The first-order chi connectivity index (χ1) is 14.5. The fraction of sp³-hybridized carbons (Fsp3) is 0.0870. The average Bonchev–Trinajstić information content (AvgIpc) is 3.40. The lowest BCUT2D eigenvalue weighted by molar-refractivity contribution is -0.117. The van der Waals surface area contributed by atoms with Gasteiger partial charge < -0.3 is 4.74 Å². The van der Waals surface area contributed by atoms with Crippen molar-refractivity contribution in [2.24, 2.45) is 0 Å². The number of carbonyl (C=O) groups excluding carboxylic acids is 3. The van der Waals surface area contributed by atoms with Gasteiger partial charge in [0, 0.05) is 0 Å². The number of benzene rings is 2. The number of thiophene rings is 1. The number of nitrogens with zero attached hydrogens (tertiary/aromatic N) is 1. The molecule has 1 aliphatic heterocycles. The Bertz CT molecular complexity index is 1120. The van der Waals surface area contributed by atoms with Gasteiger partial charge in [-0.15, -0.1) is 11.3 Å². The first-order valence-electron chi connectivity index (χ1n) is 9.37. The van der Waals surface area contributed by atoms with E-state index in [1.54, 1.807) is 53.9 Å². The molecule has 0 unspecified atom stereocenters. The van der Waals surface area contributed by atoms with Crippen LogP contribution in [-0.2, 0) is 16.0 Å². The summed E-state index contributed by atoms with van der Waals surface area (Å²) in [6.45, 7) is 2.05. The summed E-state index contributed by atoms with van der Waals surface area (Å²) in [6, 6.07) is 17.5. The zero-order valence-electron chi connectivity index (χ0n) is 16.1. The molecule has 30 heavy (non-hydrogen) atoms. The van der Waals surface area contributed by atoms with Crippen LogP contribution in [0.5, 0.6) is 5.75 Å². The summed E-state index contributed by atoms with van der Waals surface area (Å²) in [4.78, 5) is 37.6. The van der Waals surface area contributed by atoms with E-state index in [1.807, 2.05) is 19.1 Å². The fourth-order valence-corrected chi connectivity index (χ4v) is 3.57. The van der Waals surface area contributed by atoms with Crippen LogP contribution in [0.25, 0.3) is 6.08 Å². The molecule has 0 radical (unpaired) electrons. The summed E-state index contributed by atoms with van der Waals surface area (Å²) in [5, 5.41) is 3.04. The van der Waals surface area contributed by atoms with Gasteiger partial charge in [-0.05, 0) is 59.3 Å². The molecule has 7 heteroatoms. The summed E-state index contributed by atoms with van der Waals surface area (Å²) in [7, 11) is 0. The molecule has 2 amide bonds. The largest absolute Gasteiger partial charge is 0.422 e. The van der Waals surface area contributed by atoms with Crippen LogP contribution in [0.2, 0.25) is 0 Å². The maximum Gasteiger partial charge on any atom is 0.353 e. The molecule has 1 aliphatic rings. The number of anilines is 1. The smallest absolute Gasteiger partial charge is 0.353 e. The molecule has 0 bridgehead atoms. The third kappa shape index (κ3) is 4.01. The summed E-state index contributed by atoms with van der Waals surface area (Å²) in [5.41, 5.74) is 5.02. The summed E-state index contributed by atoms with van der Waals surface area (Å²) in [5.74, 6) is -0.924. The first-order valence-corrected chi connectivity index (χ1v) is 10.2. The first kappa shape index (κ1) is 19.6. The molecule has 1 aromatic heterocycles. The quantitative estimate of drug-likeness (QED) is 0.294. The predicted octanol–water partition coefficient (Wildman–Crippen LogP) is 3.99. The van der Waals surface area contributed by atoms with Gasteiger partial charge >= 0.3 is 5.97 Å². The molecule has 3 aromatic rings. The van der Waals surface area contributed by atoms with Crippen molar-refractivity contribution in [1.29, 1.82) is 0 Å². The van der Waals surface area contributed by atoms with Gasteiger partial charge in [0.25, 0.3) is 11.8 Å². The van der Waals surface area contributed by atoms with Gasteiger partial charge in [0.2, 0.25) is 0 Å². The fourth-order valence-electron chi connectivity index (χ4n) is 2.97. The van der Waals surface area contributed by atoms with Crippen molar-refractivity contribution in [2.45, 2.75) is 13.3 Å².